The summed E-state index contributed by atoms with van der Waals surface area (Å²) < 4.78 is 11.4. The van der Waals surface area contributed by atoms with Crippen molar-refractivity contribution >= 4 is 11.6 Å². The maximum absolute atomic E-state index is 5.89. The van der Waals surface area contributed by atoms with Gasteiger partial charge in [0.1, 0.15) is 0 Å². The average molecular weight is 271 g/mol. The molecule has 0 spiro atoms. The van der Waals surface area contributed by atoms with Crippen LogP contribution in [0.1, 0.15) is 45.1 Å². The summed E-state index contributed by atoms with van der Waals surface area (Å²) >= 11 is 5.89. The fourth-order valence-corrected chi connectivity index (χ4v) is 1.75. The first kappa shape index (κ1) is 15.2. The van der Waals surface area contributed by atoms with Crippen molar-refractivity contribution in [2.24, 2.45) is 0 Å². The summed E-state index contributed by atoms with van der Waals surface area (Å²) in [6.07, 6.45) is 1.98. The van der Waals surface area contributed by atoms with Crippen LogP contribution in [0.15, 0.2) is 18.2 Å². The van der Waals surface area contributed by atoms with Gasteiger partial charge in [0.2, 0.25) is 0 Å². The predicted octanol–water partition coefficient (Wildman–Crippen LogP) is 4.61. The Morgan fingerprint density at radius 1 is 1.06 bits per heavy atom. The van der Waals surface area contributed by atoms with Crippen molar-refractivity contribution in [3.63, 3.8) is 0 Å². The highest BCUT2D eigenvalue weighted by Gasteiger charge is 2.10. The first-order valence-electron chi connectivity index (χ1n) is 6.68. The molecule has 0 saturated carbocycles. The molecule has 1 unspecified atom stereocenters. The van der Waals surface area contributed by atoms with Gasteiger partial charge in [-0.1, -0.05) is 26.8 Å². The molecule has 18 heavy (non-hydrogen) atoms. The summed E-state index contributed by atoms with van der Waals surface area (Å²) in [4.78, 5) is 0. The molecule has 0 N–H and O–H groups in total. The standard InChI is InChI=1S/C15H23ClO2/c1-4-8-17-14-7-6-13(12(3)11-16)10-15(14)18-9-5-2/h6-7,10,12H,4-5,8-9,11H2,1-3H3. The van der Waals surface area contributed by atoms with Crippen LogP contribution in [-0.2, 0) is 0 Å². The van der Waals surface area contributed by atoms with Crippen LogP contribution in [0.5, 0.6) is 11.5 Å². The number of alkyl halides is 1. The van der Waals surface area contributed by atoms with Gasteiger partial charge >= 0.3 is 0 Å². The van der Waals surface area contributed by atoms with Gasteiger partial charge in [0.25, 0.3) is 0 Å². The molecule has 0 bridgehead atoms. The van der Waals surface area contributed by atoms with E-state index in [9.17, 15) is 0 Å². The molecule has 102 valence electrons. The van der Waals surface area contributed by atoms with E-state index in [1.807, 2.05) is 12.1 Å². The SMILES string of the molecule is CCCOc1ccc(C(C)CCl)cc1OCCC. The molecule has 2 nitrogen and oxygen atoms in total. The molecule has 1 aromatic carbocycles. The predicted molar refractivity (Wildman–Crippen MR) is 77.1 cm³/mol. The van der Waals surface area contributed by atoms with E-state index in [1.54, 1.807) is 0 Å². The Kier molecular flexibility index (Phi) is 6.96. The molecule has 0 aromatic heterocycles. The summed E-state index contributed by atoms with van der Waals surface area (Å²) in [7, 11) is 0. The van der Waals surface area contributed by atoms with Crippen molar-refractivity contribution in [1.82, 2.24) is 0 Å². The van der Waals surface area contributed by atoms with Gasteiger partial charge in [0, 0.05) is 5.88 Å². The number of hydrogen-bond donors (Lipinski definition) is 0. The van der Waals surface area contributed by atoms with Gasteiger partial charge < -0.3 is 9.47 Å². The van der Waals surface area contributed by atoms with Crippen molar-refractivity contribution in [1.29, 1.82) is 0 Å². The Bertz CT molecular complexity index is 352. The van der Waals surface area contributed by atoms with Crippen molar-refractivity contribution < 1.29 is 9.47 Å². The van der Waals surface area contributed by atoms with Crippen LogP contribution in [0.3, 0.4) is 0 Å². The fraction of sp³-hybridized carbons (Fsp3) is 0.600. The maximum atomic E-state index is 5.89. The molecule has 1 rings (SSSR count). The maximum Gasteiger partial charge on any atom is 0.161 e. The van der Waals surface area contributed by atoms with E-state index in [1.165, 1.54) is 5.56 Å². The normalized spacial score (nSPS) is 12.2. The minimum absolute atomic E-state index is 0.330. The summed E-state index contributed by atoms with van der Waals surface area (Å²) in [5.74, 6) is 2.61. The number of halogens is 1. The molecule has 3 heteroatoms. The summed E-state index contributed by atoms with van der Waals surface area (Å²) in [6, 6.07) is 6.10. The lowest BCUT2D eigenvalue weighted by Gasteiger charge is -2.15. The molecule has 0 fully saturated rings. The molecule has 0 aliphatic heterocycles. The minimum Gasteiger partial charge on any atom is -0.490 e. The second-order valence-corrected chi connectivity index (χ2v) is 4.77. The highest BCUT2D eigenvalue weighted by Crippen LogP contribution is 2.31. The molecule has 0 amide bonds. The smallest absolute Gasteiger partial charge is 0.161 e. The van der Waals surface area contributed by atoms with Crippen LogP contribution in [0.2, 0.25) is 0 Å². The molecule has 1 atom stereocenters. The van der Waals surface area contributed by atoms with Gasteiger partial charge in [-0.05, 0) is 36.5 Å². The number of benzene rings is 1. The van der Waals surface area contributed by atoms with Crippen LogP contribution in [0, 0.1) is 0 Å². The Balaban J connectivity index is 2.88. The van der Waals surface area contributed by atoms with Gasteiger partial charge in [-0.25, -0.2) is 0 Å². The zero-order valence-electron chi connectivity index (χ0n) is 11.5. The third-order valence-electron chi connectivity index (χ3n) is 2.69. The van der Waals surface area contributed by atoms with Crippen LogP contribution in [-0.4, -0.2) is 19.1 Å². The minimum atomic E-state index is 0.330. The molecule has 0 aliphatic carbocycles. The topological polar surface area (TPSA) is 18.5 Å². The van der Waals surface area contributed by atoms with Crippen molar-refractivity contribution in [3.8, 4) is 11.5 Å². The van der Waals surface area contributed by atoms with Crippen LogP contribution in [0.4, 0.5) is 0 Å². The zero-order valence-corrected chi connectivity index (χ0v) is 12.3. The van der Waals surface area contributed by atoms with Crippen molar-refractivity contribution in [3.05, 3.63) is 23.8 Å². The molecule has 1 aromatic rings. The first-order valence-corrected chi connectivity index (χ1v) is 7.21. The van der Waals surface area contributed by atoms with Crippen molar-refractivity contribution in [2.45, 2.75) is 39.5 Å². The second kappa shape index (κ2) is 8.25. The van der Waals surface area contributed by atoms with Crippen LogP contribution in [0.25, 0.3) is 0 Å². The van der Waals surface area contributed by atoms with E-state index >= 15 is 0 Å². The van der Waals surface area contributed by atoms with E-state index in [4.69, 9.17) is 21.1 Å². The van der Waals surface area contributed by atoms with E-state index in [0.717, 1.165) is 24.3 Å². The third-order valence-corrected chi connectivity index (χ3v) is 3.15. The van der Waals surface area contributed by atoms with Crippen LogP contribution < -0.4 is 9.47 Å². The lowest BCUT2D eigenvalue weighted by molar-refractivity contribution is 0.268. The van der Waals surface area contributed by atoms with Gasteiger partial charge in [-0.3, -0.25) is 0 Å². The van der Waals surface area contributed by atoms with Crippen molar-refractivity contribution in [2.75, 3.05) is 19.1 Å². The zero-order chi connectivity index (χ0) is 13.4. The Morgan fingerprint density at radius 2 is 1.67 bits per heavy atom. The van der Waals surface area contributed by atoms with Gasteiger partial charge in [-0.2, -0.15) is 0 Å². The lowest BCUT2D eigenvalue weighted by Crippen LogP contribution is -2.03. The number of ether oxygens (including phenoxy) is 2. The Hall–Kier alpha value is -0.890. The van der Waals surface area contributed by atoms with E-state index in [-0.39, 0.29) is 0 Å². The quantitative estimate of drug-likeness (QED) is 0.643. The first-order chi connectivity index (χ1) is 8.72. The summed E-state index contributed by atoms with van der Waals surface area (Å²) in [5, 5.41) is 0. The monoisotopic (exact) mass is 270 g/mol. The second-order valence-electron chi connectivity index (χ2n) is 4.46. The molecule has 0 radical (unpaired) electrons. The molecule has 0 heterocycles. The molecule has 0 aliphatic rings. The van der Waals surface area contributed by atoms with Gasteiger partial charge in [0.15, 0.2) is 11.5 Å². The van der Waals surface area contributed by atoms with E-state index in [2.05, 4.69) is 26.8 Å². The third kappa shape index (κ3) is 4.41. The van der Waals surface area contributed by atoms with Gasteiger partial charge in [0.05, 0.1) is 13.2 Å². The Labute approximate surface area is 115 Å². The Morgan fingerprint density at radius 3 is 2.22 bits per heavy atom. The van der Waals surface area contributed by atoms with Crippen LogP contribution >= 0.6 is 11.6 Å². The molecular weight excluding hydrogens is 248 g/mol. The largest absolute Gasteiger partial charge is 0.490 e. The fourth-order valence-electron chi connectivity index (χ4n) is 1.58. The summed E-state index contributed by atoms with van der Waals surface area (Å²) in [6.45, 7) is 7.72. The molecule has 0 saturated heterocycles. The number of rotatable bonds is 8. The highest BCUT2D eigenvalue weighted by atomic mass is 35.5. The molecular formula is C15H23ClO2. The highest BCUT2D eigenvalue weighted by molar-refractivity contribution is 6.18. The van der Waals surface area contributed by atoms with E-state index in [0.29, 0.717) is 25.0 Å². The number of hydrogen-bond acceptors (Lipinski definition) is 2. The van der Waals surface area contributed by atoms with E-state index < -0.39 is 0 Å². The van der Waals surface area contributed by atoms with Gasteiger partial charge in [-0.15, -0.1) is 11.6 Å². The lowest BCUT2D eigenvalue weighted by atomic mass is 10.0. The average Bonchev–Trinajstić information content (AvgIpc) is 2.42. The summed E-state index contributed by atoms with van der Waals surface area (Å²) in [5.41, 5.74) is 1.19.